The summed E-state index contributed by atoms with van der Waals surface area (Å²) in [7, 11) is 1.77. The molecule has 0 unspecified atom stereocenters. The maximum Gasteiger partial charge on any atom is 0.261 e. The predicted molar refractivity (Wildman–Crippen MR) is 98.7 cm³/mol. The fourth-order valence-electron chi connectivity index (χ4n) is 2.87. The molecule has 0 atom stereocenters. The first kappa shape index (κ1) is 16.1. The van der Waals surface area contributed by atoms with Crippen LogP contribution in [-0.4, -0.2) is 24.3 Å². The van der Waals surface area contributed by atoms with Crippen molar-refractivity contribution in [2.75, 3.05) is 0 Å². The van der Waals surface area contributed by atoms with E-state index >= 15 is 0 Å². The van der Waals surface area contributed by atoms with Gasteiger partial charge in [-0.05, 0) is 25.0 Å². The number of fused-ring (bicyclic) bond motifs is 1. The molecule has 25 heavy (non-hydrogen) atoms. The van der Waals surface area contributed by atoms with Crippen molar-refractivity contribution in [1.82, 2.24) is 24.3 Å². The van der Waals surface area contributed by atoms with Gasteiger partial charge in [0.15, 0.2) is 5.16 Å². The van der Waals surface area contributed by atoms with Gasteiger partial charge in [0, 0.05) is 19.5 Å². The smallest absolute Gasteiger partial charge is 0.261 e. The van der Waals surface area contributed by atoms with E-state index < -0.39 is 0 Å². The third kappa shape index (κ3) is 3.00. The highest BCUT2D eigenvalue weighted by atomic mass is 32.2. The van der Waals surface area contributed by atoms with E-state index in [0.717, 1.165) is 22.3 Å². The monoisotopic (exact) mass is 353 g/mol. The summed E-state index contributed by atoms with van der Waals surface area (Å²) in [5.74, 6) is 2.87. The Kier molecular flexibility index (Phi) is 4.17. The first-order valence-corrected chi connectivity index (χ1v) is 9.29. The minimum Gasteiger partial charge on any atom is -0.302 e. The number of nitrogens with zero attached hydrogens (tertiary/aromatic N) is 5. The number of hydrogen-bond acceptors (Lipinski definition) is 5. The molecule has 128 valence electrons. The Morgan fingerprint density at radius 2 is 2.12 bits per heavy atom. The molecule has 1 aromatic carbocycles. The quantitative estimate of drug-likeness (QED) is 0.504. The molecule has 4 rings (SSSR count). The Labute approximate surface area is 149 Å². The topological polar surface area (TPSA) is 65.6 Å². The molecule has 2 heterocycles. The highest BCUT2D eigenvalue weighted by molar-refractivity contribution is 7.98. The van der Waals surface area contributed by atoms with Gasteiger partial charge in [-0.15, -0.1) is 16.8 Å². The first-order chi connectivity index (χ1) is 12.2. The van der Waals surface area contributed by atoms with E-state index in [1.165, 1.54) is 12.8 Å². The number of thioether (sulfide) groups is 1. The average molecular weight is 353 g/mol. The molecule has 7 heteroatoms. The van der Waals surface area contributed by atoms with Crippen LogP contribution >= 0.6 is 11.8 Å². The molecule has 0 saturated heterocycles. The molecule has 1 fully saturated rings. The van der Waals surface area contributed by atoms with Crippen LogP contribution in [0.2, 0.25) is 0 Å². The van der Waals surface area contributed by atoms with Crippen molar-refractivity contribution >= 4 is 22.7 Å². The zero-order chi connectivity index (χ0) is 17.4. The summed E-state index contributed by atoms with van der Waals surface area (Å²) in [5.41, 5.74) is 0.708. The standard InChI is InChI=1S/C18H19N5OS/c1-3-10-23-16(12-8-9-12)20-21-18(23)25-11-15-19-14-7-5-4-6-13(14)17(24)22(15)2/h3-7,12H,1,8-11H2,2H3. The normalized spacial score (nSPS) is 14.1. The molecule has 2 aromatic heterocycles. The van der Waals surface area contributed by atoms with E-state index in [0.29, 0.717) is 23.6 Å². The Morgan fingerprint density at radius 1 is 1.32 bits per heavy atom. The summed E-state index contributed by atoms with van der Waals surface area (Å²) in [6, 6.07) is 7.44. The van der Waals surface area contributed by atoms with Crippen molar-refractivity contribution in [3.05, 3.63) is 58.9 Å². The van der Waals surface area contributed by atoms with Crippen LogP contribution in [0.3, 0.4) is 0 Å². The number of allylic oxidation sites excluding steroid dienone is 1. The summed E-state index contributed by atoms with van der Waals surface area (Å²) in [6.45, 7) is 4.53. The minimum atomic E-state index is -0.0209. The lowest BCUT2D eigenvalue weighted by atomic mass is 10.2. The molecular formula is C18H19N5OS. The molecule has 6 nitrogen and oxygen atoms in total. The van der Waals surface area contributed by atoms with Gasteiger partial charge in [-0.3, -0.25) is 9.36 Å². The largest absolute Gasteiger partial charge is 0.302 e. The highest BCUT2D eigenvalue weighted by Crippen LogP contribution is 2.40. The zero-order valence-electron chi connectivity index (χ0n) is 14.1. The van der Waals surface area contributed by atoms with Crippen molar-refractivity contribution in [3.8, 4) is 0 Å². The fraction of sp³-hybridized carbons (Fsp3) is 0.333. The second kappa shape index (κ2) is 6.48. The third-order valence-electron chi connectivity index (χ3n) is 4.41. The van der Waals surface area contributed by atoms with Crippen LogP contribution in [0.5, 0.6) is 0 Å². The van der Waals surface area contributed by atoms with Crippen LogP contribution in [0, 0.1) is 0 Å². The van der Waals surface area contributed by atoms with E-state index in [4.69, 9.17) is 0 Å². The van der Waals surface area contributed by atoms with Gasteiger partial charge in [-0.1, -0.05) is 30.0 Å². The second-order valence-electron chi connectivity index (χ2n) is 6.21. The summed E-state index contributed by atoms with van der Waals surface area (Å²) in [5, 5.41) is 10.2. The Balaban J connectivity index is 1.63. The van der Waals surface area contributed by atoms with Crippen molar-refractivity contribution in [1.29, 1.82) is 0 Å². The third-order valence-corrected chi connectivity index (χ3v) is 5.37. The van der Waals surface area contributed by atoms with Gasteiger partial charge in [-0.2, -0.15) is 0 Å². The van der Waals surface area contributed by atoms with E-state index in [2.05, 4.69) is 26.3 Å². The molecule has 0 aliphatic heterocycles. The van der Waals surface area contributed by atoms with Gasteiger partial charge < -0.3 is 4.57 Å². The number of benzene rings is 1. The Morgan fingerprint density at radius 3 is 2.88 bits per heavy atom. The summed E-state index contributed by atoms with van der Waals surface area (Å²) in [4.78, 5) is 17.1. The highest BCUT2D eigenvalue weighted by Gasteiger charge is 2.30. The first-order valence-electron chi connectivity index (χ1n) is 8.30. The van der Waals surface area contributed by atoms with Crippen LogP contribution < -0.4 is 5.56 Å². The number of para-hydroxylation sites is 1. The number of rotatable bonds is 6. The van der Waals surface area contributed by atoms with Crippen LogP contribution in [0.25, 0.3) is 10.9 Å². The maximum absolute atomic E-state index is 12.5. The molecule has 1 saturated carbocycles. The second-order valence-corrected chi connectivity index (χ2v) is 7.15. The van der Waals surface area contributed by atoms with Gasteiger partial charge >= 0.3 is 0 Å². The van der Waals surface area contributed by atoms with Crippen molar-refractivity contribution < 1.29 is 0 Å². The SMILES string of the molecule is C=CCn1c(SCc2nc3ccccc3c(=O)n2C)nnc1C1CC1. The van der Waals surface area contributed by atoms with Gasteiger partial charge in [0.2, 0.25) is 0 Å². The van der Waals surface area contributed by atoms with Crippen LogP contribution in [0.4, 0.5) is 0 Å². The lowest BCUT2D eigenvalue weighted by Gasteiger charge is -2.10. The van der Waals surface area contributed by atoms with Crippen LogP contribution in [-0.2, 0) is 19.3 Å². The van der Waals surface area contributed by atoms with Crippen LogP contribution in [0.15, 0.2) is 46.9 Å². The minimum absolute atomic E-state index is 0.0209. The van der Waals surface area contributed by atoms with Crippen molar-refractivity contribution in [2.45, 2.75) is 36.2 Å². The van der Waals surface area contributed by atoms with Crippen molar-refractivity contribution in [2.24, 2.45) is 7.05 Å². The maximum atomic E-state index is 12.5. The molecule has 1 aliphatic carbocycles. The molecule has 0 N–H and O–H groups in total. The molecule has 1 aliphatic rings. The lowest BCUT2D eigenvalue weighted by molar-refractivity contribution is 0.680. The van der Waals surface area contributed by atoms with E-state index in [1.54, 1.807) is 23.4 Å². The average Bonchev–Trinajstić information content (AvgIpc) is 3.39. The lowest BCUT2D eigenvalue weighted by Crippen LogP contribution is -2.22. The van der Waals surface area contributed by atoms with E-state index in [9.17, 15) is 4.79 Å². The number of aromatic nitrogens is 5. The molecule has 3 aromatic rings. The summed E-state index contributed by atoms with van der Waals surface area (Å²) in [6.07, 6.45) is 4.23. The van der Waals surface area contributed by atoms with E-state index in [1.807, 2.05) is 30.3 Å². The van der Waals surface area contributed by atoms with Gasteiger partial charge in [0.05, 0.1) is 16.7 Å². The molecule has 0 spiro atoms. The number of hydrogen-bond donors (Lipinski definition) is 0. The van der Waals surface area contributed by atoms with Crippen LogP contribution in [0.1, 0.15) is 30.4 Å². The zero-order valence-corrected chi connectivity index (χ0v) is 14.9. The fourth-order valence-corrected chi connectivity index (χ4v) is 3.81. The van der Waals surface area contributed by atoms with Gasteiger partial charge in [-0.25, -0.2) is 4.98 Å². The molecule has 0 amide bonds. The van der Waals surface area contributed by atoms with Gasteiger partial charge in [0.25, 0.3) is 5.56 Å². The predicted octanol–water partition coefficient (Wildman–Crippen LogP) is 2.88. The van der Waals surface area contributed by atoms with Gasteiger partial charge in [0.1, 0.15) is 11.6 Å². The van der Waals surface area contributed by atoms with Crippen molar-refractivity contribution in [3.63, 3.8) is 0 Å². The molecule has 0 bridgehead atoms. The Hall–Kier alpha value is -2.41. The Bertz CT molecular complexity index is 1000. The summed E-state index contributed by atoms with van der Waals surface area (Å²) < 4.78 is 3.74. The molecule has 0 radical (unpaired) electrons. The van der Waals surface area contributed by atoms with E-state index in [-0.39, 0.29) is 5.56 Å². The summed E-state index contributed by atoms with van der Waals surface area (Å²) >= 11 is 1.56. The molecular weight excluding hydrogens is 334 g/mol.